The van der Waals surface area contributed by atoms with Crippen LogP contribution in [0.2, 0.25) is 0 Å². The van der Waals surface area contributed by atoms with E-state index >= 15 is 0 Å². The topological polar surface area (TPSA) is 81.7 Å². The predicted octanol–water partition coefficient (Wildman–Crippen LogP) is 0.788. The first-order valence-electron chi connectivity index (χ1n) is 6.50. The Balaban J connectivity index is 2.33. The molecule has 0 fully saturated rings. The van der Waals surface area contributed by atoms with Crippen molar-refractivity contribution in [3.05, 3.63) is 35.4 Å². The minimum atomic E-state index is -0.934. The van der Waals surface area contributed by atoms with Gasteiger partial charge in [0.15, 0.2) is 0 Å². The summed E-state index contributed by atoms with van der Waals surface area (Å²) in [6.07, 6.45) is 0.672. The number of nitrogens with one attached hydrogen (secondary N) is 2. The fraction of sp³-hybridized carbons (Fsp3) is 0.429. The summed E-state index contributed by atoms with van der Waals surface area (Å²) in [6, 6.07) is 6.56. The van der Waals surface area contributed by atoms with Crippen molar-refractivity contribution in [1.29, 1.82) is 0 Å². The Bertz CT molecular complexity index is 445. The van der Waals surface area contributed by atoms with Gasteiger partial charge in [-0.15, -0.1) is 0 Å². The fourth-order valence-electron chi connectivity index (χ4n) is 1.64. The molecule has 3 N–H and O–H groups in total. The smallest absolute Gasteiger partial charge is 0.335 e. The molecule has 0 atom stereocenters. The predicted molar refractivity (Wildman–Crippen MR) is 77.1 cm³/mol. The van der Waals surface area contributed by atoms with Crippen molar-refractivity contribution in [2.24, 2.45) is 0 Å². The SMILES string of the molecule is CNCCN(C)C(=O)NCCc1ccc(C(=O)O)cc1. The van der Waals surface area contributed by atoms with E-state index in [2.05, 4.69) is 10.6 Å². The van der Waals surface area contributed by atoms with Gasteiger partial charge in [0.25, 0.3) is 0 Å². The third kappa shape index (κ3) is 5.27. The highest BCUT2D eigenvalue weighted by atomic mass is 16.4. The van der Waals surface area contributed by atoms with Gasteiger partial charge in [-0.1, -0.05) is 12.1 Å². The second-order valence-corrected chi connectivity index (χ2v) is 4.51. The monoisotopic (exact) mass is 279 g/mol. The average molecular weight is 279 g/mol. The molecule has 0 aromatic heterocycles. The lowest BCUT2D eigenvalue weighted by atomic mass is 10.1. The normalized spacial score (nSPS) is 10.1. The van der Waals surface area contributed by atoms with Crippen molar-refractivity contribution in [2.75, 3.05) is 33.7 Å². The van der Waals surface area contributed by atoms with Crippen LogP contribution in [-0.4, -0.2) is 55.7 Å². The van der Waals surface area contributed by atoms with Crippen LogP contribution in [0.1, 0.15) is 15.9 Å². The van der Waals surface area contributed by atoms with Gasteiger partial charge in [-0.25, -0.2) is 9.59 Å². The van der Waals surface area contributed by atoms with Crippen LogP contribution in [-0.2, 0) is 6.42 Å². The molecule has 0 heterocycles. The molecule has 1 aromatic rings. The highest BCUT2D eigenvalue weighted by Crippen LogP contribution is 2.04. The molecule has 110 valence electrons. The Morgan fingerprint density at radius 2 is 1.85 bits per heavy atom. The van der Waals surface area contributed by atoms with E-state index in [1.807, 2.05) is 7.05 Å². The molecule has 20 heavy (non-hydrogen) atoms. The van der Waals surface area contributed by atoms with Crippen molar-refractivity contribution in [1.82, 2.24) is 15.5 Å². The summed E-state index contributed by atoms with van der Waals surface area (Å²) in [7, 11) is 3.58. The van der Waals surface area contributed by atoms with Crippen LogP contribution in [0.15, 0.2) is 24.3 Å². The van der Waals surface area contributed by atoms with E-state index in [9.17, 15) is 9.59 Å². The number of hydrogen-bond donors (Lipinski definition) is 3. The van der Waals surface area contributed by atoms with Crippen LogP contribution in [0.3, 0.4) is 0 Å². The van der Waals surface area contributed by atoms with Crippen molar-refractivity contribution in [3.63, 3.8) is 0 Å². The van der Waals surface area contributed by atoms with Crippen molar-refractivity contribution < 1.29 is 14.7 Å². The number of carboxylic acid groups (broad SMARTS) is 1. The first-order chi connectivity index (χ1) is 9.54. The molecule has 0 bridgehead atoms. The lowest BCUT2D eigenvalue weighted by Gasteiger charge is -2.17. The van der Waals surface area contributed by atoms with Gasteiger partial charge >= 0.3 is 12.0 Å². The fourth-order valence-corrected chi connectivity index (χ4v) is 1.64. The van der Waals surface area contributed by atoms with E-state index in [0.29, 0.717) is 19.5 Å². The number of urea groups is 1. The molecule has 0 unspecified atom stereocenters. The lowest BCUT2D eigenvalue weighted by Crippen LogP contribution is -2.41. The summed E-state index contributed by atoms with van der Waals surface area (Å²) in [5, 5.41) is 14.6. The molecule has 0 aliphatic carbocycles. The van der Waals surface area contributed by atoms with Crippen LogP contribution < -0.4 is 10.6 Å². The molecule has 1 rings (SSSR count). The summed E-state index contributed by atoms with van der Waals surface area (Å²) < 4.78 is 0. The van der Waals surface area contributed by atoms with Gasteiger partial charge < -0.3 is 20.6 Å². The zero-order valence-electron chi connectivity index (χ0n) is 11.8. The minimum Gasteiger partial charge on any atom is -0.478 e. The first-order valence-corrected chi connectivity index (χ1v) is 6.50. The second kappa shape index (κ2) is 8.16. The zero-order chi connectivity index (χ0) is 15.0. The molecule has 0 aliphatic heterocycles. The summed E-state index contributed by atoms with van der Waals surface area (Å²) >= 11 is 0. The number of amides is 2. The zero-order valence-corrected chi connectivity index (χ0v) is 11.8. The summed E-state index contributed by atoms with van der Waals surface area (Å²) in [5.74, 6) is -0.934. The number of likely N-dealkylation sites (N-methyl/N-ethyl adjacent to an activating group) is 2. The second-order valence-electron chi connectivity index (χ2n) is 4.51. The number of carboxylic acids is 1. The van der Waals surface area contributed by atoms with Gasteiger partial charge in [-0.3, -0.25) is 0 Å². The van der Waals surface area contributed by atoms with Gasteiger partial charge in [0.1, 0.15) is 0 Å². The van der Waals surface area contributed by atoms with Crippen molar-refractivity contribution in [3.8, 4) is 0 Å². The van der Waals surface area contributed by atoms with Crippen molar-refractivity contribution in [2.45, 2.75) is 6.42 Å². The van der Waals surface area contributed by atoms with E-state index in [1.165, 1.54) is 0 Å². The highest BCUT2D eigenvalue weighted by Gasteiger charge is 2.06. The molecule has 6 heteroatoms. The number of benzene rings is 1. The molecule has 0 spiro atoms. The third-order valence-electron chi connectivity index (χ3n) is 2.93. The lowest BCUT2D eigenvalue weighted by molar-refractivity contribution is 0.0697. The number of carbonyl (C=O) groups excluding carboxylic acids is 1. The van der Waals surface area contributed by atoms with Crippen LogP contribution in [0.25, 0.3) is 0 Å². The Hall–Kier alpha value is -2.08. The molecule has 0 aliphatic rings. The van der Waals surface area contributed by atoms with Gasteiger partial charge in [0.2, 0.25) is 0 Å². The van der Waals surface area contributed by atoms with Crippen LogP contribution >= 0.6 is 0 Å². The van der Waals surface area contributed by atoms with Gasteiger partial charge in [-0.2, -0.15) is 0 Å². The molecule has 1 aromatic carbocycles. The molecular formula is C14H21N3O3. The summed E-state index contributed by atoms with van der Waals surface area (Å²) in [6.45, 7) is 1.92. The average Bonchev–Trinajstić information content (AvgIpc) is 2.45. The summed E-state index contributed by atoms with van der Waals surface area (Å²) in [4.78, 5) is 24.0. The standard InChI is InChI=1S/C14H21N3O3/c1-15-9-10-17(2)14(20)16-8-7-11-3-5-12(6-4-11)13(18)19/h3-6,15H,7-10H2,1-2H3,(H,16,20)(H,18,19). The molecule has 0 saturated carbocycles. The molecule has 6 nitrogen and oxygen atoms in total. The first kappa shape index (κ1) is 16.0. The molecule has 2 amide bonds. The maximum Gasteiger partial charge on any atom is 0.335 e. The van der Waals surface area contributed by atoms with Crippen LogP contribution in [0, 0.1) is 0 Å². The number of hydrogen-bond acceptors (Lipinski definition) is 3. The quantitative estimate of drug-likeness (QED) is 0.689. The minimum absolute atomic E-state index is 0.109. The van der Waals surface area contributed by atoms with Gasteiger partial charge in [0, 0.05) is 26.7 Å². The van der Waals surface area contributed by atoms with E-state index in [0.717, 1.165) is 12.1 Å². The number of aromatic carboxylic acids is 1. The number of rotatable bonds is 7. The van der Waals surface area contributed by atoms with Gasteiger partial charge in [0.05, 0.1) is 5.56 Å². The maximum atomic E-state index is 11.7. The largest absolute Gasteiger partial charge is 0.478 e. The molecule has 0 saturated heterocycles. The highest BCUT2D eigenvalue weighted by molar-refractivity contribution is 5.87. The third-order valence-corrected chi connectivity index (χ3v) is 2.93. The molecule has 0 radical (unpaired) electrons. The van der Waals surface area contributed by atoms with Gasteiger partial charge in [-0.05, 0) is 31.2 Å². The Labute approximate surface area is 118 Å². The maximum absolute atomic E-state index is 11.7. The number of nitrogens with zero attached hydrogens (tertiary/aromatic N) is 1. The molecular weight excluding hydrogens is 258 g/mol. The van der Waals surface area contributed by atoms with Crippen molar-refractivity contribution >= 4 is 12.0 Å². The Morgan fingerprint density at radius 1 is 1.20 bits per heavy atom. The summed E-state index contributed by atoms with van der Waals surface area (Å²) in [5.41, 5.74) is 1.26. The van der Waals surface area contributed by atoms with E-state index in [-0.39, 0.29) is 11.6 Å². The van der Waals surface area contributed by atoms with Crippen LogP contribution in [0.4, 0.5) is 4.79 Å². The Morgan fingerprint density at radius 3 is 2.40 bits per heavy atom. The van der Waals surface area contributed by atoms with E-state index in [1.54, 1.807) is 36.2 Å². The Kier molecular flexibility index (Phi) is 6.52. The van der Waals surface area contributed by atoms with E-state index in [4.69, 9.17) is 5.11 Å². The number of carbonyl (C=O) groups is 2. The van der Waals surface area contributed by atoms with E-state index < -0.39 is 5.97 Å². The van der Waals surface area contributed by atoms with Crippen LogP contribution in [0.5, 0.6) is 0 Å².